The van der Waals surface area contributed by atoms with E-state index in [2.05, 4.69) is 40.0 Å². The second kappa shape index (κ2) is 16.9. The molecule has 0 aromatic carbocycles. The number of carbonyl (C=O) groups is 8. The number of hydrogen-bond acceptors (Lipinski definition) is 9. The van der Waals surface area contributed by atoms with Gasteiger partial charge in [-0.2, -0.15) is 0 Å². The Morgan fingerprint density at radius 3 is 0.947 bits per heavy atom. The molecule has 215 valence electrons. The van der Waals surface area contributed by atoms with E-state index in [0.29, 0.717) is 9.47 Å². The first-order valence-electron chi connectivity index (χ1n) is 9.50. The van der Waals surface area contributed by atoms with Crippen molar-refractivity contribution in [3.8, 4) is 0 Å². The van der Waals surface area contributed by atoms with Gasteiger partial charge in [-0.05, 0) is 6.66 Å². The molecule has 6 atom stereocenters. The van der Waals surface area contributed by atoms with Gasteiger partial charge >= 0.3 is 97.2 Å². The molecule has 0 amide bonds. The Hall–Kier alpha value is -1.97. The molecule has 0 aromatic heterocycles. The second-order valence-corrected chi connectivity index (χ2v) is 22.5. The number of halogens is 2. The van der Waals surface area contributed by atoms with E-state index in [4.69, 9.17) is 10.2 Å². The van der Waals surface area contributed by atoms with Crippen molar-refractivity contribution in [1.82, 2.24) is 0 Å². The number of aliphatic carboxylic acids is 8. The fraction of sp³-hybridized carbons (Fsp3) is 0.529. The Balaban J connectivity index is 0. The van der Waals surface area contributed by atoms with Crippen molar-refractivity contribution in [2.24, 2.45) is 23.7 Å². The summed E-state index contributed by atoms with van der Waals surface area (Å²) in [5.41, 5.74) is -6.05. The van der Waals surface area contributed by atoms with Crippen LogP contribution in [-0.2, 0) is 52.4 Å². The van der Waals surface area contributed by atoms with Crippen LogP contribution >= 0.6 is 47.1 Å². The molecular formula is C17H21I2O17PV. The number of carboxylic acids is 8. The van der Waals surface area contributed by atoms with E-state index in [1.165, 1.54) is 0 Å². The van der Waals surface area contributed by atoms with Gasteiger partial charge in [0.25, 0.3) is 0 Å². The molecule has 0 heterocycles. The van der Waals surface area contributed by atoms with E-state index in [0.717, 1.165) is 0 Å². The van der Waals surface area contributed by atoms with Crippen LogP contribution in [0.25, 0.3) is 0 Å². The Kier molecular flexibility index (Phi) is 17.0. The second-order valence-electron chi connectivity index (χ2n) is 7.50. The molecule has 17 nitrogen and oxygen atoms in total. The van der Waals surface area contributed by atoms with Crippen LogP contribution in [0.5, 0.6) is 0 Å². The summed E-state index contributed by atoms with van der Waals surface area (Å²) in [7, 11) is -4.76. The maximum absolute atomic E-state index is 13.6. The molecule has 0 aliphatic carbocycles. The van der Waals surface area contributed by atoms with E-state index in [1.807, 2.05) is 0 Å². The van der Waals surface area contributed by atoms with Crippen molar-refractivity contribution in [2.45, 2.75) is 24.2 Å². The van der Waals surface area contributed by atoms with Crippen LogP contribution in [0.15, 0.2) is 0 Å². The summed E-state index contributed by atoms with van der Waals surface area (Å²) in [4.78, 5) is 92.7. The average Bonchev–Trinajstić information content (AvgIpc) is 2.71. The Labute approximate surface area is 241 Å². The Morgan fingerprint density at radius 2 is 0.816 bits per heavy atom. The van der Waals surface area contributed by atoms with E-state index in [9.17, 15) is 73.6 Å². The summed E-state index contributed by atoms with van der Waals surface area (Å²) in [6.45, 7) is 0.288. The number of rotatable bonds is 16. The van der Waals surface area contributed by atoms with Gasteiger partial charge in [-0.25, -0.2) is 0 Å². The molecule has 8 N–H and O–H groups in total. The third-order valence-corrected chi connectivity index (χ3v) is 8.45. The van der Waals surface area contributed by atoms with Crippen molar-refractivity contribution in [3.63, 3.8) is 0 Å². The van der Waals surface area contributed by atoms with Crippen LogP contribution in [0.2, 0.25) is 0 Å². The molecule has 0 spiro atoms. The van der Waals surface area contributed by atoms with Gasteiger partial charge in [0.1, 0.15) is 18.5 Å². The molecule has 0 fully saturated rings. The molecule has 0 rings (SSSR count). The Morgan fingerprint density at radius 1 is 0.579 bits per heavy atom. The zero-order chi connectivity index (χ0) is 30.7. The van der Waals surface area contributed by atoms with Crippen molar-refractivity contribution in [2.75, 3.05) is 6.66 Å². The summed E-state index contributed by atoms with van der Waals surface area (Å²) in [6, 6.07) is 0. The first-order valence-corrected chi connectivity index (χ1v) is 20.8. The van der Waals surface area contributed by atoms with E-state index in [-0.39, 0.29) is 6.66 Å². The predicted molar refractivity (Wildman–Crippen MR) is 133 cm³/mol. The summed E-state index contributed by atoms with van der Waals surface area (Å²) < 4.78 is 13.6. The van der Waals surface area contributed by atoms with E-state index in [1.54, 1.807) is 0 Å². The molecule has 21 heteroatoms. The molecular weight excluding hydrogens is 812 g/mol. The van der Waals surface area contributed by atoms with Gasteiger partial charge in [0.2, 0.25) is 0 Å². The third kappa shape index (κ3) is 11.0. The van der Waals surface area contributed by atoms with Crippen LogP contribution in [0.3, 0.4) is 0 Å². The summed E-state index contributed by atoms with van der Waals surface area (Å²) in [6.07, 6.45) is -3.04. The normalized spacial score (nSPS) is 16.8. The molecule has 0 bridgehead atoms. The van der Waals surface area contributed by atoms with Gasteiger partial charge < -0.3 is 45.4 Å². The number of carboxylic acid groups (broad SMARTS) is 8. The summed E-state index contributed by atoms with van der Waals surface area (Å²) in [5, 5.41) is 74.6. The minimum atomic E-state index is -5.39. The van der Waals surface area contributed by atoms with Crippen LogP contribution in [0.1, 0.15) is 12.8 Å². The van der Waals surface area contributed by atoms with Crippen molar-refractivity contribution in [1.29, 1.82) is 0 Å². The van der Waals surface area contributed by atoms with Crippen LogP contribution in [0.4, 0.5) is 0 Å². The maximum atomic E-state index is 13.6. The fourth-order valence-electron chi connectivity index (χ4n) is 3.72. The number of hydrogen-bond donors (Lipinski definition) is 8. The summed E-state index contributed by atoms with van der Waals surface area (Å²) >= 11 is 4.74. The first-order chi connectivity index (χ1) is 17.2. The standard InChI is InChI=1S/C17H21O17P.2HI.V/c1-35(34,10(16(30)31)8(14(26)27)4(12(22)23)2-6(18)19)11(17(32)33)9(15(28)29)5(13(24)25)3-7(20)21;;;/h4-5,8-11H,2-3H2,1H3,(H,18,19)(H,20,21)(H,22,23)(H,24,25)(H,26,27)(H,28,29)(H,30,31)(H,32,33);2*1H;/q;;;+2/p-2. The van der Waals surface area contributed by atoms with Gasteiger partial charge in [-0.3, -0.25) is 38.4 Å². The van der Waals surface area contributed by atoms with Crippen LogP contribution in [-0.4, -0.2) is 107 Å². The van der Waals surface area contributed by atoms with Gasteiger partial charge in [0.05, 0.1) is 36.5 Å². The molecule has 0 saturated heterocycles. The SMILES string of the molecule is CP(=O)(C(C(=O)O)C(C(=O)O)C(CC(=O)O)C(=O)O)C(C(=O)O)C(C(=O)O)C(CC(=O)O)C(=O)O.[I][V][I]. The Bertz CT molecular complexity index is 942. The van der Waals surface area contributed by atoms with Gasteiger partial charge in [-0.1, -0.05) is 0 Å². The van der Waals surface area contributed by atoms with E-state index >= 15 is 0 Å². The van der Waals surface area contributed by atoms with Crippen LogP contribution in [0, 0.1) is 23.7 Å². The van der Waals surface area contributed by atoms with Crippen LogP contribution < -0.4 is 0 Å². The third-order valence-electron chi connectivity index (χ3n) is 5.15. The minimum absolute atomic E-state index is 0.288. The monoisotopic (exact) mass is 833 g/mol. The molecule has 0 radical (unpaired) electrons. The molecule has 6 unspecified atom stereocenters. The zero-order valence-electron chi connectivity index (χ0n) is 18.8. The van der Waals surface area contributed by atoms with Gasteiger partial charge in [0, 0.05) is 0 Å². The molecule has 0 aromatic rings. The molecule has 38 heavy (non-hydrogen) atoms. The quantitative estimate of drug-likeness (QED) is 0.0771. The van der Waals surface area contributed by atoms with Gasteiger partial charge in [0.15, 0.2) is 0 Å². The van der Waals surface area contributed by atoms with Crippen molar-refractivity contribution < 1.29 is 93.2 Å². The van der Waals surface area contributed by atoms with E-state index < -0.39 is 103 Å². The summed E-state index contributed by atoms with van der Waals surface area (Å²) in [5.74, 6) is -28.6. The molecule has 0 aliphatic rings. The fourth-order valence-corrected chi connectivity index (χ4v) is 6.89. The first kappa shape index (κ1) is 38.2. The predicted octanol–water partition coefficient (Wildman–Crippen LogP) is 0.407. The van der Waals surface area contributed by atoms with Crippen molar-refractivity contribution >= 4 is 94.9 Å². The zero-order valence-corrected chi connectivity index (χ0v) is 25.4. The van der Waals surface area contributed by atoms with Gasteiger partial charge in [-0.15, -0.1) is 0 Å². The average molecular weight is 833 g/mol. The van der Waals surface area contributed by atoms with Crippen molar-refractivity contribution in [3.05, 3.63) is 0 Å². The molecule has 0 saturated carbocycles. The topological polar surface area (TPSA) is 315 Å². The molecule has 0 aliphatic heterocycles.